The predicted octanol–water partition coefficient (Wildman–Crippen LogP) is 5.97. The normalized spacial score (nSPS) is 28.9. The highest BCUT2D eigenvalue weighted by Crippen LogP contribution is 2.60. The van der Waals surface area contributed by atoms with Gasteiger partial charge >= 0.3 is 11.9 Å². The van der Waals surface area contributed by atoms with Crippen molar-refractivity contribution in [3.05, 3.63) is 89.6 Å². The van der Waals surface area contributed by atoms with E-state index < -0.39 is 0 Å². The lowest BCUT2D eigenvalue weighted by Gasteiger charge is -2.30. The number of hydrogen-bond donors (Lipinski definition) is 0. The summed E-state index contributed by atoms with van der Waals surface area (Å²) in [4.78, 5) is 25.6. The largest absolute Gasteiger partial charge is 0.461 e. The molecule has 1 aromatic carbocycles. The van der Waals surface area contributed by atoms with Crippen LogP contribution in [0.4, 0.5) is 0 Å². The SMILES string of the molecule is C=CC1=CC=C(COC(=O)C2CC3CC2C2CC(C(=O)OCc4ccc(C=C)cc4)=CC32)CC1. The fourth-order valence-electron chi connectivity index (χ4n) is 6.31. The summed E-state index contributed by atoms with van der Waals surface area (Å²) in [5, 5.41) is 0. The molecule has 5 unspecified atom stereocenters. The molecule has 5 atom stereocenters. The molecule has 2 fully saturated rings. The number of rotatable bonds is 8. The Hall–Kier alpha value is -3.14. The molecular weight excluding hydrogens is 424 g/mol. The molecule has 0 amide bonds. The third-order valence-corrected chi connectivity index (χ3v) is 8.17. The quantitative estimate of drug-likeness (QED) is 0.453. The zero-order valence-corrected chi connectivity index (χ0v) is 19.6. The van der Waals surface area contributed by atoms with E-state index in [-0.39, 0.29) is 24.5 Å². The minimum absolute atomic E-state index is 0.0399. The average Bonchev–Trinajstić information content (AvgIpc) is 3.59. The van der Waals surface area contributed by atoms with Gasteiger partial charge in [-0.3, -0.25) is 4.79 Å². The first-order chi connectivity index (χ1) is 16.6. The molecule has 4 nitrogen and oxygen atoms in total. The van der Waals surface area contributed by atoms with Crippen molar-refractivity contribution in [3.63, 3.8) is 0 Å². The Morgan fingerprint density at radius 3 is 2.47 bits per heavy atom. The standard InChI is InChI=1S/C30H32O4/c1-3-19-5-9-21(10-6-19)17-33-29(31)24-15-25-23-13-27(26(25)16-24)28(14-23)30(32)34-18-22-11-7-20(4-2)8-12-22/h3-7,9-11,15,23,25-28H,1-2,8,12-14,16-18H2. The maximum atomic E-state index is 12.9. The molecule has 0 aliphatic heterocycles. The third kappa shape index (κ3) is 4.46. The molecule has 2 bridgehead atoms. The smallest absolute Gasteiger partial charge is 0.334 e. The minimum atomic E-state index is -0.225. The number of carbonyl (C=O) groups excluding carboxylic acids is 2. The first kappa shape index (κ1) is 22.6. The van der Waals surface area contributed by atoms with Crippen LogP contribution in [0.3, 0.4) is 0 Å². The van der Waals surface area contributed by atoms with Crippen LogP contribution in [0, 0.1) is 29.6 Å². The Kier molecular flexibility index (Phi) is 6.40. The van der Waals surface area contributed by atoms with Gasteiger partial charge in [-0.25, -0.2) is 4.79 Å². The second kappa shape index (κ2) is 9.61. The molecule has 176 valence electrons. The summed E-state index contributed by atoms with van der Waals surface area (Å²) >= 11 is 0. The topological polar surface area (TPSA) is 52.6 Å². The van der Waals surface area contributed by atoms with E-state index in [1.54, 1.807) is 6.08 Å². The van der Waals surface area contributed by atoms with Gasteiger partial charge in [0.1, 0.15) is 13.2 Å². The molecule has 0 N–H and O–H groups in total. The fourth-order valence-corrected chi connectivity index (χ4v) is 6.31. The van der Waals surface area contributed by atoms with Gasteiger partial charge in [-0.15, -0.1) is 0 Å². The molecule has 2 saturated carbocycles. The Labute approximate surface area is 201 Å². The van der Waals surface area contributed by atoms with E-state index in [2.05, 4.69) is 31.4 Å². The van der Waals surface area contributed by atoms with Crippen LogP contribution in [0.2, 0.25) is 0 Å². The number of carbonyl (C=O) groups is 2. The van der Waals surface area contributed by atoms with Crippen LogP contribution in [-0.4, -0.2) is 18.5 Å². The summed E-state index contributed by atoms with van der Waals surface area (Å²) in [5.41, 5.74) is 5.16. The Morgan fingerprint density at radius 1 is 0.941 bits per heavy atom. The highest BCUT2D eigenvalue weighted by Gasteiger charge is 2.56. The summed E-state index contributed by atoms with van der Waals surface area (Å²) in [6, 6.07) is 7.84. The van der Waals surface area contributed by atoms with Gasteiger partial charge in [-0.1, -0.05) is 67.8 Å². The summed E-state index contributed by atoms with van der Waals surface area (Å²) in [6.07, 6.45) is 14.4. The van der Waals surface area contributed by atoms with Gasteiger partial charge in [0.15, 0.2) is 0 Å². The molecular formula is C30H32O4. The van der Waals surface area contributed by atoms with Crippen LogP contribution in [0.25, 0.3) is 6.08 Å². The summed E-state index contributed by atoms with van der Waals surface area (Å²) in [5.74, 6) is 1.20. The van der Waals surface area contributed by atoms with E-state index in [4.69, 9.17) is 9.47 Å². The molecule has 0 saturated heterocycles. The van der Waals surface area contributed by atoms with Gasteiger partial charge < -0.3 is 9.47 Å². The van der Waals surface area contributed by atoms with Crippen molar-refractivity contribution in [2.75, 3.05) is 6.61 Å². The van der Waals surface area contributed by atoms with E-state index in [1.807, 2.05) is 30.3 Å². The van der Waals surface area contributed by atoms with Crippen molar-refractivity contribution >= 4 is 18.0 Å². The zero-order chi connectivity index (χ0) is 23.7. The van der Waals surface area contributed by atoms with E-state index in [1.165, 1.54) is 5.57 Å². The van der Waals surface area contributed by atoms with Crippen molar-refractivity contribution in [1.82, 2.24) is 0 Å². The number of benzene rings is 1. The lowest BCUT2D eigenvalue weighted by atomic mass is 9.75. The highest BCUT2D eigenvalue weighted by molar-refractivity contribution is 5.89. The Balaban J connectivity index is 1.13. The molecule has 0 radical (unpaired) electrons. The fraction of sp³-hybridized carbons (Fsp3) is 0.400. The first-order valence-corrected chi connectivity index (χ1v) is 12.3. The number of ether oxygens (including phenoxy) is 2. The van der Waals surface area contributed by atoms with Gasteiger partial charge in [0.25, 0.3) is 0 Å². The van der Waals surface area contributed by atoms with Gasteiger partial charge in [-0.2, -0.15) is 0 Å². The maximum Gasteiger partial charge on any atom is 0.334 e. The number of hydrogen-bond acceptors (Lipinski definition) is 4. The molecule has 34 heavy (non-hydrogen) atoms. The van der Waals surface area contributed by atoms with Crippen molar-refractivity contribution in [3.8, 4) is 0 Å². The van der Waals surface area contributed by atoms with Crippen LogP contribution in [0.1, 0.15) is 43.2 Å². The van der Waals surface area contributed by atoms with Crippen LogP contribution >= 0.6 is 0 Å². The number of allylic oxidation sites excluding steroid dienone is 5. The van der Waals surface area contributed by atoms with E-state index in [0.717, 1.165) is 48.0 Å². The van der Waals surface area contributed by atoms with Gasteiger partial charge in [0.2, 0.25) is 0 Å². The zero-order valence-electron chi connectivity index (χ0n) is 19.6. The van der Waals surface area contributed by atoms with Crippen molar-refractivity contribution in [1.29, 1.82) is 0 Å². The second-order valence-corrected chi connectivity index (χ2v) is 10.0. The van der Waals surface area contributed by atoms with Crippen molar-refractivity contribution in [2.45, 2.75) is 38.7 Å². The van der Waals surface area contributed by atoms with Crippen LogP contribution in [0.15, 0.2) is 78.4 Å². The van der Waals surface area contributed by atoms with Crippen molar-refractivity contribution < 1.29 is 19.1 Å². The molecule has 4 aliphatic rings. The van der Waals surface area contributed by atoms with Gasteiger partial charge in [-0.05, 0) is 78.0 Å². The summed E-state index contributed by atoms with van der Waals surface area (Å²) in [7, 11) is 0. The third-order valence-electron chi connectivity index (χ3n) is 8.17. The molecule has 0 spiro atoms. The van der Waals surface area contributed by atoms with Crippen molar-refractivity contribution in [2.24, 2.45) is 29.6 Å². The second-order valence-electron chi connectivity index (χ2n) is 10.0. The van der Waals surface area contributed by atoms with Crippen LogP contribution < -0.4 is 0 Å². The number of esters is 2. The van der Waals surface area contributed by atoms with Gasteiger partial charge in [0, 0.05) is 5.57 Å². The maximum absolute atomic E-state index is 12.9. The molecule has 5 rings (SSSR count). The number of fused-ring (bicyclic) bond motifs is 5. The van der Waals surface area contributed by atoms with Crippen LogP contribution in [-0.2, 0) is 25.7 Å². The predicted molar refractivity (Wildman–Crippen MR) is 132 cm³/mol. The molecule has 1 aromatic rings. The van der Waals surface area contributed by atoms with E-state index in [0.29, 0.717) is 36.7 Å². The molecule has 0 aromatic heterocycles. The highest BCUT2D eigenvalue weighted by atomic mass is 16.5. The lowest BCUT2D eigenvalue weighted by molar-refractivity contribution is -0.150. The summed E-state index contributed by atoms with van der Waals surface area (Å²) < 4.78 is 11.3. The Bertz CT molecular complexity index is 1090. The summed E-state index contributed by atoms with van der Waals surface area (Å²) in [6.45, 7) is 8.22. The van der Waals surface area contributed by atoms with Gasteiger partial charge in [0.05, 0.1) is 5.92 Å². The first-order valence-electron chi connectivity index (χ1n) is 12.3. The monoisotopic (exact) mass is 456 g/mol. The van der Waals surface area contributed by atoms with E-state index >= 15 is 0 Å². The lowest BCUT2D eigenvalue weighted by Crippen LogP contribution is -2.31. The minimum Gasteiger partial charge on any atom is -0.461 e. The molecule has 4 aliphatic carbocycles. The van der Waals surface area contributed by atoms with Crippen LogP contribution in [0.5, 0.6) is 0 Å². The van der Waals surface area contributed by atoms with E-state index in [9.17, 15) is 9.59 Å². The molecule has 0 heterocycles. The molecule has 4 heteroatoms. The average molecular weight is 457 g/mol. The Morgan fingerprint density at radius 2 is 1.76 bits per heavy atom.